The van der Waals surface area contributed by atoms with E-state index in [1.54, 1.807) is 18.9 Å². The summed E-state index contributed by atoms with van der Waals surface area (Å²) >= 11 is 5.36. The number of ether oxygens (including phenoxy) is 1. The Morgan fingerprint density at radius 1 is 1.44 bits per heavy atom. The molecule has 1 aromatic rings. The molecule has 0 spiro atoms. The SMILES string of the molecule is COCCNCc1ccc(SCCCO)cc1Br. The Balaban J connectivity index is 2.41. The average Bonchev–Trinajstić information content (AvgIpc) is 2.37. The number of halogens is 1. The van der Waals surface area contributed by atoms with Crippen LogP contribution in [0.15, 0.2) is 27.6 Å². The molecule has 1 aromatic carbocycles. The first-order chi connectivity index (χ1) is 8.77. The second kappa shape index (κ2) is 9.81. The zero-order chi connectivity index (χ0) is 13.2. The Bertz CT molecular complexity index is 350. The van der Waals surface area contributed by atoms with Gasteiger partial charge in [-0.1, -0.05) is 22.0 Å². The van der Waals surface area contributed by atoms with Gasteiger partial charge in [0.25, 0.3) is 0 Å². The maximum atomic E-state index is 8.74. The van der Waals surface area contributed by atoms with Gasteiger partial charge in [0.2, 0.25) is 0 Å². The van der Waals surface area contributed by atoms with E-state index in [-0.39, 0.29) is 6.61 Å². The Morgan fingerprint density at radius 3 is 2.94 bits per heavy atom. The molecule has 0 aromatic heterocycles. The third kappa shape index (κ3) is 6.20. The second-order valence-corrected chi connectivity index (χ2v) is 5.87. The number of benzene rings is 1. The molecule has 0 bridgehead atoms. The first kappa shape index (κ1) is 16.0. The zero-order valence-corrected chi connectivity index (χ0v) is 13.0. The lowest BCUT2D eigenvalue weighted by atomic mass is 10.2. The number of rotatable bonds is 9. The Hall–Kier alpha value is -0.0700. The number of aliphatic hydroxyl groups is 1. The highest BCUT2D eigenvalue weighted by molar-refractivity contribution is 9.10. The Kier molecular flexibility index (Phi) is 8.71. The van der Waals surface area contributed by atoms with E-state index in [1.165, 1.54) is 10.5 Å². The first-order valence-electron chi connectivity index (χ1n) is 5.99. The van der Waals surface area contributed by atoms with Gasteiger partial charge in [-0.15, -0.1) is 11.8 Å². The molecule has 0 heterocycles. The lowest BCUT2D eigenvalue weighted by Gasteiger charge is -2.08. The van der Waals surface area contributed by atoms with Gasteiger partial charge >= 0.3 is 0 Å². The average molecular weight is 334 g/mol. The summed E-state index contributed by atoms with van der Waals surface area (Å²) < 4.78 is 6.11. The van der Waals surface area contributed by atoms with Crippen LogP contribution >= 0.6 is 27.7 Å². The molecular weight excluding hydrogens is 314 g/mol. The summed E-state index contributed by atoms with van der Waals surface area (Å²) in [6.45, 7) is 2.68. The monoisotopic (exact) mass is 333 g/mol. The number of hydrogen-bond donors (Lipinski definition) is 2. The Morgan fingerprint density at radius 2 is 2.28 bits per heavy atom. The van der Waals surface area contributed by atoms with Crippen molar-refractivity contribution in [3.63, 3.8) is 0 Å². The van der Waals surface area contributed by atoms with Gasteiger partial charge in [0, 0.05) is 41.9 Å². The highest BCUT2D eigenvalue weighted by atomic mass is 79.9. The van der Waals surface area contributed by atoms with Crippen molar-refractivity contribution >= 4 is 27.7 Å². The molecule has 1 rings (SSSR count). The summed E-state index contributed by atoms with van der Waals surface area (Å²) in [7, 11) is 1.70. The van der Waals surface area contributed by atoms with Crippen LogP contribution in [0.4, 0.5) is 0 Å². The minimum atomic E-state index is 0.260. The van der Waals surface area contributed by atoms with E-state index in [0.717, 1.165) is 36.3 Å². The minimum Gasteiger partial charge on any atom is -0.396 e. The zero-order valence-electron chi connectivity index (χ0n) is 10.6. The minimum absolute atomic E-state index is 0.260. The number of thioether (sulfide) groups is 1. The molecule has 0 fully saturated rings. The van der Waals surface area contributed by atoms with Gasteiger partial charge in [-0.05, 0) is 24.1 Å². The standard InChI is InChI=1S/C13H20BrNO2S/c1-17-7-5-15-10-11-3-4-12(9-13(11)14)18-8-2-6-16/h3-4,9,15-16H,2,5-8,10H2,1H3. The van der Waals surface area contributed by atoms with Crippen molar-refractivity contribution in [1.29, 1.82) is 0 Å². The molecule has 2 N–H and O–H groups in total. The molecule has 0 atom stereocenters. The van der Waals surface area contributed by atoms with Crippen molar-refractivity contribution in [2.75, 3.05) is 32.6 Å². The van der Waals surface area contributed by atoms with E-state index in [9.17, 15) is 0 Å². The first-order valence-corrected chi connectivity index (χ1v) is 7.77. The third-order valence-electron chi connectivity index (χ3n) is 2.39. The number of aliphatic hydroxyl groups excluding tert-OH is 1. The van der Waals surface area contributed by atoms with Crippen LogP contribution in [-0.4, -0.2) is 37.7 Å². The normalized spacial score (nSPS) is 10.8. The van der Waals surface area contributed by atoms with Crippen LogP contribution < -0.4 is 5.32 Å². The highest BCUT2D eigenvalue weighted by Gasteiger charge is 2.02. The van der Waals surface area contributed by atoms with Crippen LogP contribution in [0.3, 0.4) is 0 Å². The fraction of sp³-hybridized carbons (Fsp3) is 0.538. The highest BCUT2D eigenvalue weighted by Crippen LogP contribution is 2.25. The molecule has 0 aliphatic heterocycles. The maximum absolute atomic E-state index is 8.74. The van der Waals surface area contributed by atoms with Gasteiger partial charge < -0.3 is 15.2 Å². The lowest BCUT2D eigenvalue weighted by molar-refractivity contribution is 0.199. The predicted octanol–water partition coefficient (Wildman–Crippen LogP) is 2.66. The summed E-state index contributed by atoms with van der Waals surface area (Å²) in [5, 5.41) is 12.1. The van der Waals surface area contributed by atoms with Gasteiger partial charge in [0.05, 0.1) is 6.61 Å². The van der Waals surface area contributed by atoms with Crippen molar-refractivity contribution < 1.29 is 9.84 Å². The van der Waals surface area contributed by atoms with E-state index >= 15 is 0 Å². The van der Waals surface area contributed by atoms with Crippen LogP contribution in [0.1, 0.15) is 12.0 Å². The molecule has 0 saturated heterocycles. The molecule has 0 aliphatic rings. The molecule has 0 unspecified atom stereocenters. The van der Waals surface area contributed by atoms with Crippen molar-refractivity contribution in [3.05, 3.63) is 28.2 Å². The van der Waals surface area contributed by atoms with E-state index in [0.29, 0.717) is 0 Å². The van der Waals surface area contributed by atoms with Crippen LogP contribution in [0.2, 0.25) is 0 Å². The van der Waals surface area contributed by atoms with Crippen LogP contribution in [0.25, 0.3) is 0 Å². The molecule has 0 saturated carbocycles. The largest absolute Gasteiger partial charge is 0.396 e. The molecule has 3 nitrogen and oxygen atoms in total. The summed E-state index contributed by atoms with van der Waals surface area (Å²) in [5.74, 6) is 0.953. The predicted molar refractivity (Wildman–Crippen MR) is 80.2 cm³/mol. The van der Waals surface area contributed by atoms with Gasteiger partial charge in [0.15, 0.2) is 0 Å². The van der Waals surface area contributed by atoms with Crippen molar-refractivity contribution in [2.45, 2.75) is 17.9 Å². The van der Waals surface area contributed by atoms with Gasteiger partial charge in [-0.25, -0.2) is 0 Å². The fourth-order valence-corrected chi connectivity index (χ4v) is 2.96. The van der Waals surface area contributed by atoms with Crippen LogP contribution in [0, 0.1) is 0 Å². The smallest absolute Gasteiger partial charge is 0.0587 e. The molecular formula is C13H20BrNO2S. The summed E-state index contributed by atoms with van der Waals surface area (Å²) in [6.07, 6.45) is 0.836. The van der Waals surface area contributed by atoms with E-state index < -0.39 is 0 Å². The summed E-state index contributed by atoms with van der Waals surface area (Å²) in [6, 6.07) is 6.39. The van der Waals surface area contributed by atoms with Gasteiger partial charge in [-0.3, -0.25) is 0 Å². The van der Waals surface area contributed by atoms with Crippen LogP contribution in [-0.2, 0) is 11.3 Å². The molecule has 0 radical (unpaired) electrons. The Labute approximate surface area is 121 Å². The topological polar surface area (TPSA) is 41.5 Å². The van der Waals surface area contributed by atoms with Crippen molar-refractivity contribution in [3.8, 4) is 0 Å². The fourth-order valence-electron chi connectivity index (χ4n) is 1.41. The molecule has 18 heavy (non-hydrogen) atoms. The second-order valence-electron chi connectivity index (χ2n) is 3.85. The van der Waals surface area contributed by atoms with Crippen LogP contribution in [0.5, 0.6) is 0 Å². The number of methoxy groups -OCH3 is 1. The lowest BCUT2D eigenvalue weighted by Crippen LogP contribution is -2.18. The molecule has 102 valence electrons. The molecule has 0 amide bonds. The molecule has 0 aliphatic carbocycles. The van der Waals surface area contributed by atoms with E-state index in [4.69, 9.17) is 9.84 Å². The van der Waals surface area contributed by atoms with E-state index in [2.05, 4.69) is 39.4 Å². The number of nitrogens with one attached hydrogen (secondary N) is 1. The van der Waals surface area contributed by atoms with Crippen molar-refractivity contribution in [1.82, 2.24) is 5.32 Å². The van der Waals surface area contributed by atoms with Gasteiger partial charge in [0.1, 0.15) is 0 Å². The number of hydrogen-bond acceptors (Lipinski definition) is 4. The quantitative estimate of drug-likeness (QED) is 0.538. The van der Waals surface area contributed by atoms with Crippen molar-refractivity contribution in [2.24, 2.45) is 0 Å². The summed E-state index contributed by atoms with van der Waals surface area (Å²) in [5.41, 5.74) is 1.25. The maximum Gasteiger partial charge on any atom is 0.0587 e. The van der Waals surface area contributed by atoms with Gasteiger partial charge in [-0.2, -0.15) is 0 Å². The van der Waals surface area contributed by atoms with E-state index in [1.807, 2.05) is 0 Å². The summed E-state index contributed by atoms with van der Waals surface area (Å²) in [4.78, 5) is 1.23. The third-order valence-corrected chi connectivity index (χ3v) is 4.21. The molecule has 5 heteroatoms.